The molecule has 0 spiro atoms. The maximum absolute atomic E-state index is 12.1. The second-order valence-electron chi connectivity index (χ2n) is 4.27. The Morgan fingerprint density at radius 1 is 1.26 bits per heavy atom. The van der Waals surface area contributed by atoms with E-state index in [1.165, 1.54) is 4.88 Å². The SMILES string of the molecule is Cc1ccc(C=C2C(=O)Nc3c(Br)cc(Br)cc32)s1. The van der Waals surface area contributed by atoms with Crippen molar-refractivity contribution >= 4 is 66.4 Å². The average Bonchev–Trinajstić information content (AvgIpc) is 2.87. The maximum atomic E-state index is 12.1. The minimum absolute atomic E-state index is 0.0557. The number of aryl methyl sites for hydroxylation is 1. The summed E-state index contributed by atoms with van der Waals surface area (Å²) in [6.07, 6.45) is 1.94. The van der Waals surface area contributed by atoms with E-state index >= 15 is 0 Å². The summed E-state index contributed by atoms with van der Waals surface area (Å²) >= 11 is 8.61. The van der Waals surface area contributed by atoms with Crippen molar-refractivity contribution in [1.29, 1.82) is 0 Å². The van der Waals surface area contributed by atoms with E-state index in [1.807, 2.05) is 24.3 Å². The van der Waals surface area contributed by atoms with E-state index in [2.05, 4.69) is 50.2 Å². The van der Waals surface area contributed by atoms with E-state index in [0.717, 1.165) is 25.1 Å². The number of thiophene rings is 1. The van der Waals surface area contributed by atoms with Crippen LogP contribution >= 0.6 is 43.2 Å². The molecule has 0 radical (unpaired) electrons. The first-order chi connectivity index (χ1) is 9.04. The molecule has 3 rings (SSSR count). The predicted octanol–water partition coefficient (Wildman–Crippen LogP) is 5.07. The van der Waals surface area contributed by atoms with Gasteiger partial charge in [0.15, 0.2) is 0 Å². The molecule has 2 nitrogen and oxygen atoms in total. The van der Waals surface area contributed by atoms with Crippen molar-refractivity contribution in [2.24, 2.45) is 0 Å². The smallest absolute Gasteiger partial charge is 0.256 e. The Bertz CT molecular complexity index is 718. The first kappa shape index (κ1) is 13.1. The summed E-state index contributed by atoms with van der Waals surface area (Å²) in [5.41, 5.74) is 2.48. The first-order valence-corrected chi connectivity index (χ1v) is 8.04. The Morgan fingerprint density at radius 3 is 2.74 bits per heavy atom. The Labute approximate surface area is 131 Å². The third kappa shape index (κ3) is 2.42. The molecule has 2 heterocycles. The highest BCUT2D eigenvalue weighted by atomic mass is 79.9. The van der Waals surface area contributed by atoms with Crippen molar-refractivity contribution < 1.29 is 4.79 Å². The number of hydrogen-bond acceptors (Lipinski definition) is 2. The van der Waals surface area contributed by atoms with E-state index in [0.29, 0.717) is 5.57 Å². The Hall–Kier alpha value is -0.910. The van der Waals surface area contributed by atoms with Gasteiger partial charge in [0.05, 0.1) is 11.3 Å². The second kappa shape index (κ2) is 4.89. The molecule has 0 aliphatic carbocycles. The number of fused-ring (bicyclic) bond motifs is 1. The zero-order valence-electron chi connectivity index (χ0n) is 9.96. The van der Waals surface area contributed by atoms with Crippen molar-refractivity contribution in [3.8, 4) is 0 Å². The van der Waals surface area contributed by atoms with E-state index in [1.54, 1.807) is 11.3 Å². The molecule has 19 heavy (non-hydrogen) atoms. The molecule has 0 saturated heterocycles. The quantitative estimate of drug-likeness (QED) is 0.667. The van der Waals surface area contributed by atoms with Crippen LogP contribution < -0.4 is 5.32 Å². The van der Waals surface area contributed by atoms with Gasteiger partial charge in [-0.05, 0) is 53.2 Å². The zero-order chi connectivity index (χ0) is 13.6. The van der Waals surface area contributed by atoms with E-state index in [4.69, 9.17) is 0 Å². The van der Waals surface area contributed by atoms with Gasteiger partial charge in [-0.1, -0.05) is 15.9 Å². The molecule has 0 fully saturated rings. The van der Waals surface area contributed by atoms with Crippen molar-refractivity contribution in [2.45, 2.75) is 6.92 Å². The normalized spacial score (nSPS) is 15.7. The minimum atomic E-state index is -0.0557. The molecular formula is C14H9Br2NOS. The van der Waals surface area contributed by atoms with E-state index in [-0.39, 0.29) is 5.91 Å². The summed E-state index contributed by atoms with van der Waals surface area (Å²) in [6, 6.07) is 7.98. The third-order valence-corrected chi connectivity index (χ3v) is 4.91. The lowest BCUT2D eigenvalue weighted by Crippen LogP contribution is -2.03. The molecule has 0 atom stereocenters. The van der Waals surface area contributed by atoms with Gasteiger partial charge in [-0.15, -0.1) is 11.3 Å². The second-order valence-corrected chi connectivity index (χ2v) is 7.36. The Kier molecular flexibility index (Phi) is 3.37. The Balaban J connectivity index is 2.15. The number of anilines is 1. The highest BCUT2D eigenvalue weighted by Gasteiger charge is 2.26. The van der Waals surface area contributed by atoms with Crippen molar-refractivity contribution in [2.75, 3.05) is 5.32 Å². The van der Waals surface area contributed by atoms with Gasteiger partial charge in [0.2, 0.25) is 0 Å². The number of benzene rings is 1. The molecule has 2 aromatic rings. The van der Waals surface area contributed by atoms with Crippen LogP contribution in [0.15, 0.2) is 33.2 Å². The fourth-order valence-electron chi connectivity index (χ4n) is 2.03. The van der Waals surface area contributed by atoms with Gasteiger partial charge >= 0.3 is 0 Å². The lowest BCUT2D eigenvalue weighted by atomic mass is 10.1. The monoisotopic (exact) mass is 397 g/mol. The zero-order valence-corrected chi connectivity index (χ0v) is 13.9. The number of carbonyl (C=O) groups excluding carboxylic acids is 1. The Morgan fingerprint density at radius 2 is 2.05 bits per heavy atom. The number of halogens is 2. The lowest BCUT2D eigenvalue weighted by Gasteiger charge is -2.02. The fourth-order valence-corrected chi connectivity index (χ4v) is 4.18. The van der Waals surface area contributed by atoms with Crippen molar-refractivity contribution in [3.63, 3.8) is 0 Å². The van der Waals surface area contributed by atoms with Crippen LogP contribution in [0, 0.1) is 6.92 Å². The number of nitrogens with one attached hydrogen (secondary N) is 1. The van der Waals surface area contributed by atoms with Crippen LogP contribution in [0.2, 0.25) is 0 Å². The summed E-state index contributed by atoms with van der Waals surface area (Å²) < 4.78 is 1.83. The minimum Gasteiger partial charge on any atom is -0.320 e. The summed E-state index contributed by atoms with van der Waals surface area (Å²) in [4.78, 5) is 14.4. The predicted molar refractivity (Wildman–Crippen MR) is 87.4 cm³/mol. The number of rotatable bonds is 1. The van der Waals surface area contributed by atoms with Crippen LogP contribution in [0.25, 0.3) is 11.6 Å². The molecule has 1 aromatic heterocycles. The molecule has 0 unspecified atom stereocenters. The van der Waals surface area contributed by atoms with Gasteiger partial charge in [-0.3, -0.25) is 4.79 Å². The van der Waals surface area contributed by atoms with Gasteiger partial charge in [0.25, 0.3) is 5.91 Å². The fraction of sp³-hybridized carbons (Fsp3) is 0.0714. The number of carbonyl (C=O) groups is 1. The summed E-state index contributed by atoms with van der Waals surface area (Å²) in [5.74, 6) is -0.0557. The van der Waals surface area contributed by atoms with Gasteiger partial charge in [0, 0.05) is 24.3 Å². The molecular weight excluding hydrogens is 390 g/mol. The third-order valence-electron chi connectivity index (χ3n) is 2.88. The van der Waals surface area contributed by atoms with Gasteiger partial charge in [-0.25, -0.2) is 0 Å². The number of amides is 1. The summed E-state index contributed by atoms with van der Waals surface area (Å²) in [6.45, 7) is 2.06. The van der Waals surface area contributed by atoms with E-state index in [9.17, 15) is 4.79 Å². The average molecular weight is 399 g/mol. The van der Waals surface area contributed by atoms with Crippen LogP contribution in [0.3, 0.4) is 0 Å². The van der Waals surface area contributed by atoms with Gasteiger partial charge < -0.3 is 5.32 Å². The maximum Gasteiger partial charge on any atom is 0.256 e. The highest BCUT2D eigenvalue weighted by Crippen LogP contribution is 2.40. The highest BCUT2D eigenvalue weighted by molar-refractivity contribution is 9.11. The first-order valence-electron chi connectivity index (χ1n) is 5.63. The van der Waals surface area contributed by atoms with Crippen LogP contribution in [0.5, 0.6) is 0 Å². The molecule has 1 aromatic carbocycles. The lowest BCUT2D eigenvalue weighted by molar-refractivity contribution is -0.110. The molecule has 1 aliphatic rings. The summed E-state index contributed by atoms with van der Waals surface area (Å²) in [5, 5.41) is 2.90. The van der Waals surface area contributed by atoms with Crippen LogP contribution in [0.1, 0.15) is 15.3 Å². The summed E-state index contributed by atoms with van der Waals surface area (Å²) in [7, 11) is 0. The number of hydrogen-bond donors (Lipinski definition) is 1. The van der Waals surface area contributed by atoms with Gasteiger partial charge in [0.1, 0.15) is 0 Å². The molecule has 1 amide bonds. The van der Waals surface area contributed by atoms with Gasteiger partial charge in [-0.2, -0.15) is 0 Å². The van der Waals surface area contributed by atoms with Crippen LogP contribution in [-0.4, -0.2) is 5.91 Å². The van der Waals surface area contributed by atoms with Crippen LogP contribution in [0.4, 0.5) is 5.69 Å². The van der Waals surface area contributed by atoms with Crippen molar-refractivity contribution in [1.82, 2.24) is 0 Å². The molecule has 0 saturated carbocycles. The van der Waals surface area contributed by atoms with Crippen molar-refractivity contribution in [3.05, 3.63) is 48.5 Å². The standard InChI is InChI=1S/C14H9Br2NOS/c1-7-2-3-9(19-7)6-11-10-4-8(15)5-12(16)13(10)17-14(11)18/h2-6H,1H3,(H,17,18). The largest absolute Gasteiger partial charge is 0.320 e. The molecule has 0 bridgehead atoms. The molecule has 1 aliphatic heterocycles. The molecule has 96 valence electrons. The topological polar surface area (TPSA) is 29.1 Å². The van der Waals surface area contributed by atoms with E-state index < -0.39 is 0 Å². The van der Waals surface area contributed by atoms with Crippen LogP contribution in [-0.2, 0) is 4.79 Å². The molecule has 1 N–H and O–H groups in total. The molecule has 5 heteroatoms.